The summed E-state index contributed by atoms with van der Waals surface area (Å²) < 4.78 is 0. The Morgan fingerprint density at radius 1 is 0.514 bits per heavy atom. The molecular weight excluding hydrogens is 448 g/mol. The molecular formula is C35H60N2. The normalized spacial score (nSPS) is 30.9. The largest absolute Gasteiger partial charge is 0.241 e. The van der Waals surface area contributed by atoms with E-state index < -0.39 is 0 Å². The summed E-state index contributed by atoms with van der Waals surface area (Å²) in [6, 6.07) is 0. The van der Waals surface area contributed by atoms with Gasteiger partial charge in [-0.05, 0) is 99.4 Å². The maximum Gasteiger partial charge on any atom is 0.131 e. The maximum atomic E-state index is 4.91. The molecule has 4 rings (SSSR count). The Morgan fingerprint density at radius 2 is 1.00 bits per heavy atom. The Labute approximate surface area is 230 Å². The average molecular weight is 509 g/mol. The minimum Gasteiger partial charge on any atom is -0.241 e. The molecule has 0 N–H and O–H groups in total. The first-order chi connectivity index (χ1) is 18.3. The molecule has 0 radical (unpaired) electrons. The summed E-state index contributed by atoms with van der Waals surface area (Å²) >= 11 is 0. The van der Waals surface area contributed by atoms with Gasteiger partial charge >= 0.3 is 0 Å². The fourth-order valence-electron chi connectivity index (χ4n) is 8.33. The lowest BCUT2D eigenvalue weighted by molar-refractivity contribution is 0.155. The van der Waals surface area contributed by atoms with E-state index in [0.717, 1.165) is 29.5 Å². The molecule has 0 aliphatic heterocycles. The summed E-state index contributed by atoms with van der Waals surface area (Å²) in [6.45, 7) is 4.64. The van der Waals surface area contributed by atoms with Crippen LogP contribution in [0, 0.1) is 23.7 Å². The summed E-state index contributed by atoms with van der Waals surface area (Å²) in [5.41, 5.74) is 1.43. The third-order valence-electron chi connectivity index (χ3n) is 10.9. The number of hydrogen-bond acceptors (Lipinski definition) is 2. The zero-order valence-electron chi connectivity index (χ0n) is 24.8. The lowest BCUT2D eigenvalue weighted by Crippen LogP contribution is -2.25. The predicted molar refractivity (Wildman–Crippen MR) is 159 cm³/mol. The molecule has 3 aliphatic carbocycles. The lowest BCUT2D eigenvalue weighted by Gasteiger charge is -2.38. The van der Waals surface area contributed by atoms with E-state index in [9.17, 15) is 0 Å². The van der Waals surface area contributed by atoms with E-state index in [1.807, 2.05) is 0 Å². The Hall–Kier alpha value is -0.920. The van der Waals surface area contributed by atoms with Gasteiger partial charge < -0.3 is 0 Å². The molecule has 0 amide bonds. The molecule has 0 spiro atoms. The Morgan fingerprint density at radius 3 is 1.59 bits per heavy atom. The molecule has 3 saturated carbocycles. The van der Waals surface area contributed by atoms with E-state index in [4.69, 9.17) is 9.97 Å². The first-order valence-electron chi connectivity index (χ1n) is 17.1. The van der Waals surface area contributed by atoms with Gasteiger partial charge in [0.2, 0.25) is 0 Å². The highest BCUT2D eigenvalue weighted by Gasteiger charge is 2.31. The summed E-state index contributed by atoms with van der Waals surface area (Å²) in [5, 5.41) is 0. The first-order valence-corrected chi connectivity index (χ1v) is 17.1. The van der Waals surface area contributed by atoms with Crippen LogP contribution in [0.15, 0.2) is 12.4 Å². The van der Waals surface area contributed by atoms with E-state index in [2.05, 4.69) is 26.2 Å². The van der Waals surface area contributed by atoms with Crippen LogP contribution < -0.4 is 0 Å². The van der Waals surface area contributed by atoms with Crippen LogP contribution in [0.3, 0.4) is 0 Å². The van der Waals surface area contributed by atoms with Crippen LogP contribution in [-0.2, 0) is 0 Å². The number of rotatable bonds is 14. The van der Waals surface area contributed by atoms with Gasteiger partial charge in [-0.2, -0.15) is 0 Å². The van der Waals surface area contributed by atoms with Crippen LogP contribution in [0.2, 0.25) is 0 Å². The zero-order valence-corrected chi connectivity index (χ0v) is 24.8. The third kappa shape index (κ3) is 9.35. The minimum absolute atomic E-state index is 0.614. The first kappa shape index (κ1) is 29.1. The summed E-state index contributed by atoms with van der Waals surface area (Å²) in [6.07, 6.45) is 37.5. The molecule has 1 heterocycles. The van der Waals surface area contributed by atoms with Crippen LogP contribution in [0.1, 0.15) is 185 Å². The van der Waals surface area contributed by atoms with Gasteiger partial charge in [-0.3, -0.25) is 0 Å². The van der Waals surface area contributed by atoms with Gasteiger partial charge in [0.25, 0.3) is 0 Å². The number of nitrogens with zero attached hydrogens (tertiary/aromatic N) is 2. The van der Waals surface area contributed by atoms with Crippen molar-refractivity contribution in [3.8, 4) is 0 Å². The van der Waals surface area contributed by atoms with Crippen LogP contribution in [-0.4, -0.2) is 9.97 Å². The topological polar surface area (TPSA) is 25.8 Å². The van der Waals surface area contributed by atoms with E-state index in [1.54, 1.807) is 0 Å². The molecule has 0 saturated heterocycles. The fourth-order valence-corrected chi connectivity index (χ4v) is 8.33. The van der Waals surface area contributed by atoms with Crippen molar-refractivity contribution >= 4 is 0 Å². The van der Waals surface area contributed by atoms with Gasteiger partial charge in [-0.1, -0.05) is 97.3 Å². The molecule has 37 heavy (non-hydrogen) atoms. The molecule has 210 valence electrons. The van der Waals surface area contributed by atoms with Gasteiger partial charge in [0.15, 0.2) is 0 Å². The molecule has 0 bridgehead atoms. The SMILES string of the molecule is CCCCCCCCCC[C@H]1CC[C@H]([C@H]2CC[C@H](c3cnc([C@H]4CC[C@H](CCC)CC4)nc3)CC2)CC1. The molecule has 2 heteroatoms. The molecule has 1 aromatic rings. The van der Waals surface area contributed by atoms with Gasteiger partial charge in [0, 0.05) is 18.3 Å². The lowest BCUT2D eigenvalue weighted by atomic mass is 9.68. The second kappa shape index (κ2) is 16.2. The molecule has 0 unspecified atom stereocenters. The average Bonchev–Trinajstić information content (AvgIpc) is 2.96. The van der Waals surface area contributed by atoms with E-state index >= 15 is 0 Å². The molecule has 2 nitrogen and oxygen atoms in total. The predicted octanol–water partition coefficient (Wildman–Crippen LogP) is 11.2. The highest BCUT2D eigenvalue weighted by Crippen LogP contribution is 2.44. The van der Waals surface area contributed by atoms with Gasteiger partial charge in [-0.15, -0.1) is 0 Å². The Balaban J connectivity index is 1.09. The van der Waals surface area contributed by atoms with Crippen molar-refractivity contribution in [2.24, 2.45) is 23.7 Å². The smallest absolute Gasteiger partial charge is 0.131 e. The molecule has 1 aromatic heterocycles. The standard InChI is InChI=1S/C35H60N2/c1-3-5-6-7-8-9-10-11-13-29-14-18-30(19-15-29)31-22-24-32(25-23-31)34-26-36-35(37-27-34)33-20-16-28(12-4-2)17-21-33/h26-33H,3-25H2,1-2H3/t28-,29-,30-,31-,32-,33-. The van der Waals surface area contributed by atoms with Crippen molar-refractivity contribution < 1.29 is 0 Å². The van der Waals surface area contributed by atoms with E-state index in [0.29, 0.717) is 11.8 Å². The highest BCUT2D eigenvalue weighted by atomic mass is 14.9. The van der Waals surface area contributed by atoms with Crippen LogP contribution in [0.25, 0.3) is 0 Å². The second-order valence-electron chi connectivity index (χ2n) is 13.5. The second-order valence-corrected chi connectivity index (χ2v) is 13.5. The third-order valence-corrected chi connectivity index (χ3v) is 10.9. The maximum absolute atomic E-state index is 4.91. The van der Waals surface area contributed by atoms with Crippen LogP contribution >= 0.6 is 0 Å². The summed E-state index contributed by atoms with van der Waals surface area (Å²) in [7, 11) is 0. The quantitative estimate of drug-likeness (QED) is 0.233. The number of aromatic nitrogens is 2. The van der Waals surface area contributed by atoms with Crippen molar-refractivity contribution in [2.75, 3.05) is 0 Å². The molecule has 3 aliphatic rings. The van der Waals surface area contributed by atoms with E-state index in [-0.39, 0.29) is 0 Å². The number of hydrogen-bond donors (Lipinski definition) is 0. The van der Waals surface area contributed by atoms with Crippen molar-refractivity contribution in [1.29, 1.82) is 0 Å². The van der Waals surface area contributed by atoms with Crippen LogP contribution in [0.4, 0.5) is 0 Å². The van der Waals surface area contributed by atoms with E-state index in [1.165, 1.54) is 153 Å². The highest BCUT2D eigenvalue weighted by molar-refractivity contribution is 5.14. The zero-order chi connectivity index (χ0) is 25.7. The van der Waals surface area contributed by atoms with Gasteiger partial charge in [0.05, 0.1) is 0 Å². The fraction of sp³-hybridized carbons (Fsp3) is 0.886. The Bertz CT molecular complexity index is 703. The molecule has 0 aromatic carbocycles. The summed E-state index contributed by atoms with van der Waals surface area (Å²) in [5.74, 6) is 6.49. The van der Waals surface area contributed by atoms with Crippen LogP contribution in [0.5, 0.6) is 0 Å². The summed E-state index contributed by atoms with van der Waals surface area (Å²) in [4.78, 5) is 9.81. The monoisotopic (exact) mass is 508 g/mol. The van der Waals surface area contributed by atoms with Gasteiger partial charge in [0.1, 0.15) is 5.82 Å². The van der Waals surface area contributed by atoms with Crippen molar-refractivity contribution in [3.63, 3.8) is 0 Å². The number of unbranched alkanes of at least 4 members (excludes halogenated alkanes) is 7. The Kier molecular flexibility index (Phi) is 12.8. The minimum atomic E-state index is 0.614. The van der Waals surface area contributed by atoms with Gasteiger partial charge in [-0.25, -0.2) is 9.97 Å². The molecule has 3 fully saturated rings. The van der Waals surface area contributed by atoms with Crippen molar-refractivity contribution in [3.05, 3.63) is 23.8 Å². The molecule has 0 atom stereocenters. The van der Waals surface area contributed by atoms with Crippen molar-refractivity contribution in [2.45, 2.75) is 173 Å². The van der Waals surface area contributed by atoms with Crippen molar-refractivity contribution in [1.82, 2.24) is 9.97 Å².